The van der Waals surface area contributed by atoms with Gasteiger partial charge in [0.2, 0.25) is 0 Å². The third kappa shape index (κ3) is 4.16. The first kappa shape index (κ1) is 20.1. The van der Waals surface area contributed by atoms with E-state index in [4.69, 9.17) is 0 Å². The van der Waals surface area contributed by atoms with Gasteiger partial charge < -0.3 is 0 Å². The first-order chi connectivity index (χ1) is 27.2. The number of fused-ring (bicyclic) bond motifs is 2. The molecule has 48 heavy (non-hydrogen) atoms. The van der Waals surface area contributed by atoms with Crippen LogP contribution in [0.3, 0.4) is 0 Å². The molecule has 0 fully saturated rings. The summed E-state index contributed by atoms with van der Waals surface area (Å²) in [5, 5.41) is 5.54. The van der Waals surface area contributed by atoms with Crippen LogP contribution in [0, 0.1) is 0 Å². The normalized spacial score (nSPS) is 14.1. The predicted molar refractivity (Wildman–Crippen MR) is 207 cm³/mol. The highest BCUT2D eigenvalue weighted by molar-refractivity contribution is 6.27. The number of benzene rings is 10. The summed E-state index contributed by atoms with van der Waals surface area (Å²) in [5.74, 6) is 0. The smallest absolute Gasteiger partial charge is 0.0616 e. The van der Waals surface area contributed by atoms with Gasteiger partial charge in [0.15, 0.2) is 0 Å². The molecule has 0 spiro atoms. The molecular weight excluding hydrogens is 577 g/mol. The molecule has 0 saturated carbocycles. The Balaban J connectivity index is 1.23. The highest BCUT2D eigenvalue weighted by atomic mass is 14.2. The fourth-order valence-electron chi connectivity index (χ4n) is 7.21. The van der Waals surface area contributed by atoms with Crippen molar-refractivity contribution in [2.24, 2.45) is 0 Å². The summed E-state index contributed by atoms with van der Waals surface area (Å²) >= 11 is 0. The molecule has 0 aliphatic carbocycles. The van der Waals surface area contributed by atoms with Crippen molar-refractivity contribution in [3.05, 3.63) is 182 Å². The van der Waals surface area contributed by atoms with Gasteiger partial charge in [-0.2, -0.15) is 0 Å². The van der Waals surface area contributed by atoms with Gasteiger partial charge in [0.25, 0.3) is 0 Å². The Kier molecular flexibility index (Phi) is 4.46. The van der Waals surface area contributed by atoms with Crippen LogP contribution >= 0.6 is 0 Å². The zero-order valence-electron chi connectivity index (χ0n) is 33.7. The summed E-state index contributed by atoms with van der Waals surface area (Å²) in [6.45, 7) is 0. The average molecular weight is 615 g/mol. The lowest BCUT2D eigenvalue weighted by molar-refractivity contribution is 1.62. The highest BCUT2D eigenvalue weighted by Crippen LogP contribution is 2.43. The van der Waals surface area contributed by atoms with Crippen molar-refractivity contribution in [3.8, 4) is 44.5 Å². The Morgan fingerprint density at radius 3 is 1.04 bits per heavy atom. The topological polar surface area (TPSA) is 0 Å². The molecule has 0 bridgehead atoms. The van der Waals surface area contributed by atoms with Gasteiger partial charge in [-0.1, -0.05) is 182 Å². The van der Waals surface area contributed by atoms with Crippen molar-refractivity contribution in [3.63, 3.8) is 0 Å². The Bertz CT molecular complexity index is 3030. The van der Waals surface area contributed by atoms with E-state index >= 15 is 0 Å². The van der Waals surface area contributed by atoms with Gasteiger partial charge in [-0.15, -0.1) is 0 Å². The molecule has 222 valence electrons. The SMILES string of the molecule is [2H]c1c([2H])c2c([2H])c([2H])c3c(-c4ccc(-c5cccc6ccccc56)cc4)c([2H])c([2H])c4c([2H])c([2H])c(c1-c1ccc(-c5cccc6ccccc56)cc1)c2c43. The van der Waals surface area contributed by atoms with Crippen LogP contribution in [0.2, 0.25) is 0 Å². The Hall–Kier alpha value is -6.24. The molecule has 0 heteroatoms. The zero-order chi connectivity index (χ0) is 38.6. The second kappa shape index (κ2) is 10.7. The number of hydrogen-bond donors (Lipinski definition) is 0. The van der Waals surface area contributed by atoms with Crippen LogP contribution in [0.1, 0.15) is 11.0 Å². The Morgan fingerprint density at radius 2 is 0.604 bits per heavy atom. The van der Waals surface area contributed by atoms with Gasteiger partial charge in [0.1, 0.15) is 0 Å². The highest BCUT2D eigenvalue weighted by Gasteiger charge is 2.15. The maximum Gasteiger partial charge on any atom is 0.0630 e. The zero-order valence-corrected chi connectivity index (χ0v) is 25.7. The molecule has 0 aliphatic rings. The van der Waals surface area contributed by atoms with E-state index in [2.05, 4.69) is 48.5 Å². The van der Waals surface area contributed by atoms with Crippen LogP contribution in [0.15, 0.2) is 182 Å². The minimum Gasteiger partial charge on any atom is -0.0616 e. The van der Waals surface area contributed by atoms with E-state index in [0.29, 0.717) is 21.9 Å². The van der Waals surface area contributed by atoms with Crippen molar-refractivity contribution in [2.45, 2.75) is 0 Å². The molecule has 10 rings (SSSR count). The fourth-order valence-corrected chi connectivity index (χ4v) is 7.21. The minimum atomic E-state index is -0.289. The average Bonchev–Trinajstić information content (AvgIpc) is 3.23. The quantitative estimate of drug-likeness (QED) is 0.173. The van der Waals surface area contributed by atoms with Crippen molar-refractivity contribution < 1.29 is 11.0 Å². The monoisotopic (exact) mass is 614 g/mol. The van der Waals surface area contributed by atoms with E-state index in [0.717, 1.165) is 43.8 Å². The summed E-state index contributed by atoms with van der Waals surface area (Å²) in [5.41, 5.74) is 5.72. The van der Waals surface area contributed by atoms with Crippen LogP contribution in [-0.4, -0.2) is 0 Å². The van der Waals surface area contributed by atoms with Gasteiger partial charge in [0, 0.05) is 0 Å². The van der Waals surface area contributed by atoms with E-state index < -0.39 is 0 Å². The predicted octanol–water partition coefficient (Wildman–Crippen LogP) is 13.6. The summed E-state index contributed by atoms with van der Waals surface area (Å²) in [7, 11) is 0. The molecule has 10 aromatic rings. The first-order valence-corrected chi connectivity index (χ1v) is 16.0. The van der Waals surface area contributed by atoms with Gasteiger partial charge in [0.05, 0.1) is 11.0 Å². The molecule has 0 heterocycles. The van der Waals surface area contributed by atoms with E-state index in [1.165, 1.54) is 0 Å². The van der Waals surface area contributed by atoms with Gasteiger partial charge in [-0.05, 0) is 98.4 Å². The largest absolute Gasteiger partial charge is 0.0630 e. The Morgan fingerprint density at radius 1 is 0.250 bits per heavy atom. The molecule has 0 amide bonds. The van der Waals surface area contributed by atoms with Crippen LogP contribution in [0.5, 0.6) is 0 Å². The third-order valence-corrected chi connectivity index (χ3v) is 9.55. The molecule has 0 atom stereocenters. The molecule has 0 unspecified atom stereocenters. The number of rotatable bonds is 4. The van der Waals surface area contributed by atoms with E-state index in [1.54, 1.807) is 0 Å². The van der Waals surface area contributed by atoms with Crippen LogP contribution in [-0.2, 0) is 0 Å². The molecule has 0 aromatic heterocycles. The standard InChI is InChI=1S/C48H30/c1-3-11-39-31(7-1)9-5-13-41(39)33-15-19-35(20-16-33)43-27-23-37-26-30-46-44(28-24-38-25-29-45(43)47(37)48(38)46)36-21-17-34(18-22-36)42-14-6-10-32-8-2-4-12-40(32)42/h1-30H/i23D,24D,25D,26D,27D,28D,29D,30D. The van der Waals surface area contributed by atoms with Crippen molar-refractivity contribution in [2.75, 3.05) is 0 Å². The molecule has 0 radical (unpaired) electrons. The molecule has 0 saturated heterocycles. The lowest BCUT2D eigenvalue weighted by Gasteiger charge is -2.17. The second-order valence-corrected chi connectivity index (χ2v) is 12.2. The van der Waals surface area contributed by atoms with E-state index in [1.807, 2.05) is 84.9 Å². The summed E-state index contributed by atoms with van der Waals surface area (Å²) < 4.78 is 74.2. The van der Waals surface area contributed by atoms with Gasteiger partial charge in [-0.25, -0.2) is 0 Å². The molecule has 0 aliphatic heterocycles. The molecule has 10 aromatic carbocycles. The van der Waals surface area contributed by atoms with Crippen LogP contribution in [0.25, 0.3) is 98.4 Å². The van der Waals surface area contributed by atoms with Crippen molar-refractivity contribution in [1.82, 2.24) is 0 Å². The van der Waals surface area contributed by atoms with Crippen LogP contribution in [0.4, 0.5) is 0 Å². The van der Waals surface area contributed by atoms with E-state index in [9.17, 15) is 11.0 Å². The molecule has 0 nitrogen and oxygen atoms in total. The maximum absolute atomic E-state index is 9.35. The fraction of sp³-hybridized carbons (Fsp3) is 0. The maximum atomic E-state index is 9.35. The molecule has 0 N–H and O–H groups in total. The molecular formula is C48H30. The summed E-state index contributed by atoms with van der Waals surface area (Å²) in [4.78, 5) is 0. The Labute approximate surface area is 290 Å². The van der Waals surface area contributed by atoms with Crippen molar-refractivity contribution >= 4 is 53.9 Å². The first-order valence-electron chi connectivity index (χ1n) is 20.0. The van der Waals surface area contributed by atoms with Crippen molar-refractivity contribution in [1.29, 1.82) is 0 Å². The minimum absolute atomic E-state index is 0.0338. The van der Waals surface area contributed by atoms with Gasteiger partial charge >= 0.3 is 0 Å². The van der Waals surface area contributed by atoms with Crippen LogP contribution < -0.4 is 0 Å². The lowest BCUT2D eigenvalue weighted by Crippen LogP contribution is -1.90. The summed E-state index contributed by atoms with van der Waals surface area (Å²) in [6, 6.07) is 41.8. The number of hydrogen-bond acceptors (Lipinski definition) is 0. The lowest BCUT2D eigenvalue weighted by atomic mass is 9.86. The second-order valence-electron chi connectivity index (χ2n) is 12.2. The van der Waals surface area contributed by atoms with Gasteiger partial charge in [-0.3, -0.25) is 0 Å². The third-order valence-electron chi connectivity index (χ3n) is 9.55. The van der Waals surface area contributed by atoms with E-state index in [-0.39, 0.29) is 81.0 Å². The summed E-state index contributed by atoms with van der Waals surface area (Å²) in [6.07, 6.45) is 0.